The number of thiophene rings is 1. The van der Waals surface area contributed by atoms with Gasteiger partial charge in [-0.05, 0) is 39.9 Å². The Morgan fingerprint density at radius 3 is 2.86 bits per heavy atom. The number of aliphatic hydroxyl groups is 1. The van der Waals surface area contributed by atoms with Crippen LogP contribution >= 0.6 is 11.3 Å². The van der Waals surface area contributed by atoms with Crippen molar-refractivity contribution >= 4 is 27.4 Å². The van der Waals surface area contributed by atoms with Crippen molar-refractivity contribution in [1.29, 1.82) is 0 Å². The molecule has 0 aliphatic carbocycles. The fourth-order valence-electron chi connectivity index (χ4n) is 3.13. The van der Waals surface area contributed by atoms with E-state index in [1.807, 2.05) is 0 Å². The molecule has 1 aliphatic heterocycles. The van der Waals surface area contributed by atoms with Gasteiger partial charge in [0.25, 0.3) is 0 Å². The van der Waals surface area contributed by atoms with Crippen molar-refractivity contribution < 1.29 is 5.11 Å². The second-order valence-electron chi connectivity index (χ2n) is 6.12. The second kappa shape index (κ2) is 5.51. The average Bonchev–Trinajstić information content (AvgIpc) is 2.90. The van der Waals surface area contributed by atoms with E-state index in [9.17, 15) is 5.11 Å². The number of hydrogen-bond acceptors (Lipinski definition) is 6. The summed E-state index contributed by atoms with van der Waals surface area (Å²) in [6, 6.07) is 0.299. The van der Waals surface area contributed by atoms with E-state index in [0.29, 0.717) is 12.6 Å². The summed E-state index contributed by atoms with van der Waals surface area (Å²) in [6.07, 6.45) is 2.16. The van der Waals surface area contributed by atoms with E-state index < -0.39 is 0 Å². The van der Waals surface area contributed by atoms with Gasteiger partial charge in [-0.3, -0.25) is 0 Å². The molecule has 21 heavy (non-hydrogen) atoms. The maximum absolute atomic E-state index is 10.1. The van der Waals surface area contributed by atoms with E-state index in [2.05, 4.69) is 47.7 Å². The van der Waals surface area contributed by atoms with Crippen LogP contribution < -0.4 is 4.90 Å². The zero-order valence-electron chi connectivity index (χ0n) is 13.0. The number of aromatic nitrogens is 2. The zero-order chi connectivity index (χ0) is 15.1. The molecule has 2 atom stereocenters. The first-order valence-electron chi connectivity index (χ1n) is 7.27. The van der Waals surface area contributed by atoms with Crippen LogP contribution in [0.25, 0.3) is 10.2 Å². The molecule has 6 heteroatoms. The first-order valence-corrected chi connectivity index (χ1v) is 8.09. The van der Waals surface area contributed by atoms with E-state index in [-0.39, 0.29) is 6.10 Å². The van der Waals surface area contributed by atoms with Crippen LogP contribution in [0.3, 0.4) is 0 Å². The molecule has 1 saturated heterocycles. The van der Waals surface area contributed by atoms with E-state index >= 15 is 0 Å². The number of aliphatic hydroxyl groups excluding tert-OH is 1. The number of anilines is 1. The molecule has 1 aliphatic rings. The first kappa shape index (κ1) is 14.7. The Labute approximate surface area is 129 Å². The smallest absolute Gasteiger partial charge is 0.141 e. The lowest BCUT2D eigenvalue weighted by atomic mass is 10.1. The molecule has 3 heterocycles. The van der Waals surface area contributed by atoms with Gasteiger partial charge in [-0.15, -0.1) is 11.3 Å². The molecule has 0 amide bonds. The van der Waals surface area contributed by atoms with E-state index in [1.165, 1.54) is 10.4 Å². The van der Waals surface area contributed by atoms with Crippen molar-refractivity contribution in [2.45, 2.75) is 32.4 Å². The number of nitrogens with zero attached hydrogens (tertiary/aromatic N) is 4. The molecule has 0 aromatic carbocycles. The van der Waals surface area contributed by atoms with Crippen LogP contribution in [0.1, 0.15) is 16.9 Å². The van der Waals surface area contributed by atoms with Crippen LogP contribution in [-0.2, 0) is 0 Å². The maximum Gasteiger partial charge on any atom is 0.141 e. The van der Waals surface area contributed by atoms with Gasteiger partial charge in [0.1, 0.15) is 17.0 Å². The molecule has 0 bridgehead atoms. The highest BCUT2D eigenvalue weighted by Gasteiger charge is 2.33. The molecule has 2 aromatic heterocycles. The topological polar surface area (TPSA) is 52.5 Å². The first-order chi connectivity index (χ1) is 9.97. The third-order valence-electron chi connectivity index (χ3n) is 4.19. The SMILES string of the molecule is Cc1sc2ncnc(N3CC(O)CC3CN(C)C)c2c1C. The zero-order valence-corrected chi connectivity index (χ0v) is 13.8. The highest BCUT2D eigenvalue weighted by atomic mass is 32.1. The Morgan fingerprint density at radius 2 is 2.14 bits per heavy atom. The lowest BCUT2D eigenvalue weighted by molar-refractivity contribution is 0.191. The van der Waals surface area contributed by atoms with Crippen LogP contribution in [0, 0.1) is 13.8 Å². The molecule has 3 rings (SSSR count). The fourth-order valence-corrected chi connectivity index (χ4v) is 4.12. The quantitative estimate of drug-likeness (QED) is 0.937. The third-order valence-corrected chi connectivity index (χ3v) is 5.30. The van der Waals surface area contributed by atoms with Gasteiger partial charge in [0, 0.05) is 24.0 Å². The lowest BCUT2D eigenvalue weighted by Gasteiger charge is -2.28. The number of β-amino-alcohol motifs (C(OH)–C–C–N with tert-alkyl or cyclic N) is 1. The van der Waals surface area contributed by atoms with Crippen molar-refractivity contribution in [3.63, 3.8) is 0 Å². The second-order valence-corrected chi connectivity index (χ2v) is 7.32. The summed E-state index contributed by atoms with van der Waals surface area (Å²) in [5.41, 5.74) is 1.26. The minimum Gasteiger partial charge on any atom is -0.391 e. The summed E-state index contributed by atoms with van der Waals surface area (Å²) < 4.78 is 0. The summed E-state index contributed by atoms with van der Waals surface area (Å²) in [5.74, 6) is 0.977. The van der Waals surface area contributed by atoms with Gasteiger partial charge >= 0.3 is 0 Å². The minimum absolute atomic E-state index is 0.278. The third kappa shape index (κ3) is 2.63. The fraction of sp³-hybridized carbons (Fsp3) is 0.600. The van der Waals surface area contributed by atoms with E-state index in [0.717, 1.165) is 29.0 Å². The van der Waals surface area contributed by atoms with E-state index in [4.69, 9.17) is 0 Å². The normalized spacial score (nSPS) is 22.7. The average molecular weight is 306 g/mol. The molecule has 0 radical (unpaired) electrons. The maximum atomic E-state index is 10.1. The van der Waals surface area contributed by atoms with Crippen molar-refractivity contribution in [2.24, 2.45) is 0 Å². The van der Waals surface area contributed by atoms with Crippen molar-refractivity contribution in [2.75, 3.05) is 32.1 Å². The van der Waals surface area contributed by atoms with Crippen LogP contribution in [0.5, 0.6) is 0 Å². The number of rotatable bonds is 3. The molecule has 1 fully saturated rings. The summed E-state index contributed by atoms with van der Waals surface area (Å²) in [4.78, 5) is 15.7. The summed E-state index contributed by atoms with van der Waals surface area (Å²) in [7, 11) is 4.14. The highest BCUT2D eigenvalue weighted by Crippen LogP contribution is 2.36. The molecule has 2 unspecified atom stereocenters. The van der Waals surface area contributed by atoms with Gasteiger partial charge in [0.15, 0.2) is 0 Å². The summed E-state index contributed by atoms with van der Waals surface area (Å²) in [6.45, 7) is 5.83. The van der Waals surface area contributed by atoms with Gasteiger partial charge in [0.05, 0.1) is 11.5 Å². The van der Waals surface area contributed by atoms with E-state index in [1.54, 1.807) is 17.7 Å². The van der Waals surface area contributed by atoms with Gasteiger partial charge in [-0.1, -0.05) is 0 Å². The Balaban J connectivity index is 2.06. The summed E-state index contributed by atoms with van der Waals surface area (Å²) >= 11 is 1.72. The summed E-state index contributed by atoms with van der Waals surface area (Å²) in [5, 5.41) is 11.2. The molecule has 1 N–H and O–H groups in total. The molecule has 114 valence electrons. The van der Waals surface area contributed by atoms with Gasteiger partial charge in [0.2, 0.25) is 0 Å². The molecular weight excluding hydrogens is 284 g/mol. The number of fused-ring (bicyclic) bond motifs is 1. The monoisotopic (exact) mass is 306 g/mol. The number of hydrogen-bond donors (Lipinski definition) is 1. The predicted octanol–water partition coefficient (Wildman–Crippen LogP) is 1.81. The minimum atomic E-state index is -0.278. The molecule has 5 nitrogen and oxygen atoms in total. The van der Waals surface area contributed by atoms with Crippen molar-refractivity contribution in [3.8, 4) is 0 Å². The number of likely N-dealkylation sites (N-methyl/N-ethyl adjacent to an activating group) is 1. The predicted molar refractivity (Wildman–Crippen MR) is 87.2 cm³/mol. The van der Waals surface area contributed by atoms with Gasteiger partial charge in [-0.25, -0.2) is 9.97 Å². The van der Waals surface area contributed by atoms with Crippen LogP contribution in [0.2, 0.25) is 0 Å². The van der Waals surface area contributed by atoms with Crippen LogP contribution in [0.15, 0.2) is 6.33 Å². The van der Waals surface area contributed by atoms with Crippen molar-refractivity contribution in [1.82, 2.24) is 14.9 Å². The Morgan fingerprint density at radius 1 is 1.38 bits per heavy atom. The Bertz CT molecular complexity index is 654. The molecule has 0 saturated carbocycles. The Hall–Kier alpha value is -1.24. The van der Waals surface area contributed by atoms with Gasteiger partial charge < -0.3 is 14.9 Å². The van der Waals surface area contributed by atoms with Crippen molar-refractivity contribution in [3.05, 3.63) is 16.8 Å². The molecular formula is C15H22N4OS. The molecule has 0 spiro atoms. The van der Waals surface area contributed by atoms with Crippen LogP contribution in [0.4, 0.5) is 5.82 Å². The molecule has 2 aromatic rings. The highest BCUT2D eigenvalue weighted by molar-refractivity contribution is 7.18. The number of aryl methyl sites for hydroxylation is 2. The largest absolute Gasteiger partial charge is 0.391 e. The standard InChI is InChI=1S/C15H22N4OS/c1-9-10(2)21-15-13(9)14(16-8-17-15)19-7-12(20)5-11(19)6-18(3)4/h8,11-12,20H,5-7H2,1-4H3. The van der Waals surface area contributed by atoms with Crippen LogP contribution in [-0.4, -0.2) is 59.3 Å². The van der Waals surface area contributed by atoms with Gasteiger partial charge in [-0.2, -0.15) is 0 Å². The Kier molecular flexibility index (Phi) is 3.86. The lowest BCUT2D eigenvalue weighted by Crippen LogP contribution is -2.38.